The van der Waals surface area contributed by atoms with E-state index in [0.29, 0.717) is 11.1 Å². The van der Waals surface area contributed by atoms with Crippen molar-refractivity contribution in [3.05, 3.63) is 166 Å². The molecular formula is C24H18N8O8. The molecule has 0 amide bonds. The molecule has 0 saturated heterocycles. The van der Waals surface area contributed by atoms with Gasteiger partial charge in [-0.2, -0.15) is 0 Å². The van der Waals surface area contributed by atoms with Gasteiger partial charge in [-0.05, 0) is 11.1 Å². The lowest BCUT2D eigenvalue weighted by atomic mass is 9.82. The van der Waals surface area contributed by atoms with E-state index in [1.165, 1.54) is 12.1 Å². The zero-order valence-electron chi connectivity index (χ0n) is 20.0. The Hall–Kier alpha value is -6.06. The molecule has 4 heterocycles. The number of hydrogen-bond donors (Lipinski definition) is 8. The highest BCUT2D eigenvalue weighted by Crippen LogP contribution is 2.32. The average molecular weight is 546 g/mol. The van der Waals surface area contributed by atoms with Crippen molar-refractivity contribution in [1.29, 1.82) is 0 Å². The number of H-pyrrole nitrogens is 8. The summed E-state index contributed by atoms with van der Waals surface area (Å²) in [6.45, 7) is 0. The number of benzene rings is 1. The summed E-state index contributed by atoms with van der Waals surface area (Å²) in [4.78, 5) is 116. The maximum Gasteiger partial charge on any atom is 0.325 e. The molecule has 5 rings (SSSR count). The number of aromatic amines is 8. The predicted octanol–water partition coefficient (Wildman–Crippen LogP) is -2.45. The molecular weight excluding hydrogens is 528 g/mol. The summed E-state index contributed by atoms with van der Waals surface area (Å²) in [6.07, 6.45) is 4.50. The maximum atomic E-state index is 12.8. The first kappa shape index (κ1) is 25.6. The first-order valence-corrected chi connectivity index (χ1v) is 11.5. The van der Waals surface area contributed by atoms with Gasteiger partial charge in [0.25, 0.3) is 22.2 Å². The van der Waals surface area contributed by atoms with Gasteiger partial charge >= 0.3 is 22.8 Å². The van der Waals surface area contributed by atoms with E-state index >= 15 is 0 Å². The summed E-state index contributed by atoms with van der Waals surface area (Å²) in [5.41, 5.74) is -6.04. The van der Waals surface area contributed by atoms with Crippen molar-refractivity contribution in [2.75, 3.05) is 0 Å². The Balaban J connectivity index is 1.80. The highest BCUT2D eigenvalue weighted by atomic mass is 16.2. The second-order valence-electron chi connectivity index (χ2n) is 8.65. The van der Waals surface area contributed by atoms with Crippen LogP contribution in [0.3, 0.4) is 0 Å². The van der Waals surface area contributed by atoms with E-state index in [0.717, 1.165) is 24.8 Å². The van der Waals surface area contributed by atoms with Crippen LogP contribution in [0, 0.1) is 0 Å². The van der Waals surface area contributed by atoms with Gasteiger partial charge in [0.1, 0.15) is 0 Å². The van der Waals surface area contributed by atoms with E-state index in [2.05, 4.69) is 39.9 Å². The lowest BCUT2D eigenvalue weighted by Crippen LogP contribution is -2.32. The van der Waals surface area contributed by atoms with Crippen LogP contribution >= 0.6 is 0 Å². The van der Waals surface area contributed by atoms with Crippen LogP contribution in [0.5, 0.6) is 0 Å². The van der Waals surface area contributed by atoms with E-state index in [1.54, 1.807) is 12.1 Å². The fourth-order valence-electron chi connectivity index (χ4n) is 4.51. The van der Waals surface area contributed by atoms with Gasteiger partial charge < -0.3 is 19.9 Å². The molecule has 16 heteroatoms. The largest absolute Gasteiger partial charge is 0.325 e. The Labute approximate surface area is 217 Å². The zero-order valence-corrected chi connectivity index (χ0v) is 20.0. The summed E-state index contributed by atoms with van der Waals surface area (Å²) in [5, 5.41) is 0. The number of nitrogens with one attached hydrogen (secondary N) is 8. The molecule has 16 nitrogen and oxygen atoms in total. The first-order valence-electron chi connectivity index (χ1n) is 11.5. The lowest BCUT2D eigenvalue weighted by Gasteiger charge is -2.21. The minimum atomic E-state index is -1.15. The molecule has 0 aliphatic heterocycles. The second kappa shape index (κ2) is 10.0. The number of hydrogen-bond acceptors (Lipinski definition) is 8. The van der Waals surface area contributed by atoms with E-state index in [1.807, 2.05) is 0 Å². The lowest BCUT2D eigenvalue weighted by molar-refractivity contribution is 0.839. The van der Waals surface area contributed by atoms with Crippen LogP contribution in [-0.4, -0.2) is 39.9 Å². The van der Waals surface area contributed by atoms with E-state index < -0.39 is 56.8 Å². The Bertz CT molecular complexity index is 1940. The molecule has 40 heavy (non-hydrogen) atoms. The van der Waals surface area contributed by atoms with Crippen molar-refractivity contribution in [1.82, 2.24) is 39.9 Å². The standard InChI is InChI=1S/C24H18N8O8/c33-17-11(5-25-21(37)29-17)15(12-6-26-22(38)30-18(12)34)9-2-1-3-10(4-9)16(13-7-27-23(39)31-19(13)35)14-8-28-24(40)32-20(14)36/h1-8,15-16H,(H2,25,29,33,37)(H2,26,30,34,38)(H2,27,31,35,39)(H2,28,32,36,40). The molecule has 202 valence electrons. The van der Waals surface area contributed by atoms with Gasteiger partial charge in [0, 0.05) is 58.9 Å². The Morgan fingerprint density at radius 2 is 0.700 bits per heavy atom. The van der Waals surface area contributed by atoms with Gasteiger partial charge in [-0.1, -0.05) is 24.3 Å². The third-order valence-electron chi connectivity index (χ3n) is 6.21. The van der Waals surface area contributed by atoms with Crippen LogP contribution in [0.25, 0.3) is 0 Å². The molecule has 0 unspecified atom stereocenters. The van der Waals surface area contributed by atoms with Crippen LogP contribution < -0.4 is 45.0 Å². The molecule has 0 aliphatic carbocycles. The van der Waals surface area contributed by atoms with Gasteiger partial charge in [0.2, 0.25) is 0 Å². The third kappa shape index (κ3) is 4.78. The quantitative estimate of drug-likeness (QED) is 0.113. The molecule has 0 aliphatic rings. The summed E-state index contributed by atoms with van der Waals surface area (Å²) in [7, 11) is 0. The van der Waals surface area contributed by atoms with Crippen LogP contribution in [-0.2, 0) is 0 Å². The SMILES string of the molecule is O=c1[nH]cc(C(c2cccc(C(c3c[nH]c(=O)[nH]c3=O)c3c[nH]c(=O)[nH]c3=O)c2)c2c[nH]c(=O)[nH]c2=O)c(=O)[nH]1. The van der Waals surface area contributed by atoms with Gasteiger partial charge in [0.05, 0.1) is 0 Å². The minimum absolute atomic E-state index is 0.0605. The molecule has 8 N–H and O–H groups in total. The summed E-state index contributed by atoms with van der Waals surface area (Å²) >= 11 is 0. The molecule has 0 fully saturated rings. The van der Waals surface area contributed by atoms with Gasteiger partial charge in [-0.3, -0.25) is 39.1 Å². The number of rotatable bonds is 6. The van der Waals surface area contributed by atoms with Gasteiger partial charge in [-0.25, -0.2) is 19.2 Å². The van der Waals surface area contributed by atoms with Crippen molar-refractivity contribution in [2.45, 2.75) is 11.8 Å². The fraction of sp³-hybridized carbons (Fsp3) is 0.0833. The van der Waals surface area contributed by atoms with Gasteiger partial charge in [-0.15, -0.1) is 0 Å². The van der Waals surface area contributed by atoms with Gasteiger partial charge in [0.15, 0.2) is 0 Å². The van der Waals surface area contributed by atoms with Crippen molar-refractivity contribution in [2.24, 2.45) is 0 Å². The maximum absolute atomic E-state index is 12.8. The molecule has 0 spiro atoms. The normalized spacial score (nSPS) is 11.2. The monoisotopic (exact) mass is 546 g/mol. The van der Waals surface area contributed by atoms with E-state index in [4.69, 9.17) is 0 Å². The molecule has 0 bridgehead atoms. The zero-order chi connectivity index (χ0) is 28.6. The Morgan fingerprint density at radius 1 is 0.425 bits per heavy atom. The number of aromatic nitrogens is 8. The second-order valence-corrected chi connectivity index (χ2v) is 8.65. The van der Waals surface area contributed by atoms with Crippen LogP contribution in [0.15, 0.2) is 87.4 Å². The fourth-order valence-corrected chi connectivity index (χ4v) is 4.51. The first-order chi connectivity index (χ1) is 19.1. The summed E-state index contributed by atoms with van der Waals surface area (Å²) in [5.74, 6) is -2.30. The van der Waals surface area contributed by atoms with Crippen LogP contribution in [0.1, 0.15) is 45.2 Å². The van der Waals surface area contributed by atoms with E-state index in [-0.39, 0.29) is 22.3 Å². The molecule has 5 aromatic rings. The minimum Gasteiger partial charge on any atom is -0.314 e. The molecule has 0 atom stereocenters. The smallest absolute Gasteiger partial charge is 0.314 e. The molecule has 4 aromatic heterocycles. The van der Waals surface area contributed by atoms with Crippen molar-refractivity contribution in [3.8, 4) is 0 Å². The molecule has 0 radical (unpaired) electrons. The highest BCUT2D eigenvalue weighted by molar-refractivity contribution is 5.46. The predicted molar refractivity (Wildman–Crippen MR) is 139 cm³/mol. The van der Waals surface area contributed by atoms with E-state index in [9.17, 15) is 38.4 Å². The van der Waals surface area contributed by atoms with Crippen molar-refractivity contribution < 1.29 is 0 Å². The topological polar surface area (TPSA) is 263 Å². The van der Waals surface area contributed by atoms with Crippen LogP contribution in [0.2, 0.25) is 0 Å². The van der Waals surface area contributed by atoms with Crippen molar-refractivity contribution >= 4 is 0 Å². The Morgan fingerprint density at radius 3 is 0.950 bits per heavy atom. The Kier molecular flexibility index (Phi) is 6.40. The van der Waals surface area contributed by atoms with Crippen molar-refractivity contribution in [3.63, 3.8) is 0 Å². The molecule has 1 aromatic carbocycles. The third-order valence-corrected chi connectivity index (χ3v) is 6.21. The summed E-state index contributed by atoms with van der Waals surface area (Å²) < 4.78 is 0. The molecule has 0 saturated carbocycles. The average Bonchev–Trinajstić information content (AvgIpc) is 2.89. The highest BCUT2D eigenvalue weighted by Gasteiger charge is 2.27. The summed E-state index contributed by atoms with van der Waals surface area (Å²) in [6, 6.07) is 6.13. The van der Waals surface area contributed by atoms with Crippen LogP contribution in [0.4, 0.5) is 0 Å².